The molecular formula is C19H21NO5S. The quantitative estimate of drug-likeness (QED) is 0.839. The van der Waals surface area contributed by atoms with Crippen molar-refractivity contribution in [2.24, 2.45) is 0 Å². The summed E-state index contributed by atoms with van der Waals surface area (Å²) in [6, 6.07) is 9.90. The largest absolute Gasteiger partial charge is 0.478 e. The highest BCUT2D eigenvalue weighted by Gasteiger charge is 2.31. The van der Waals surface area contributed by atoms with Gasteiger partial charge in [-0.25, -0.2) is 13.2 Å². The average Bonchev–Trinajstić information content (AvgIpc) is 3.05. The second kappa shape index (κ2) is 7.09. The third-order valence-corrected chi connectivity index (χ3v) is 6.31. The monoisotopic (exact) mass is 375 g/mol. The van der Waals surface area contributed by atoms with Crippen LogP contribution < -0.4 is 4.31 Å². The van der Waals surface area contributed by atoms with Gasteiger partial charge in [-0.15, -0.1) is 0 Å². The van der Waals surface area contributed by atoms with Gasteiger partial charge in [0.25, 0.3) is 10.0 Å². The average molecular weight is 375 g/mol. The lowest BCUT2D eigenvalue weighted by atomic mass is 10.1. The Kier molecular flexibility index (Phi) is 5.02. The van der Waals surface area contributed by atoms with Gasteiger partial charge in [-0.05, 0) is 53.8 Å². The fourth-order valence-corrected chi connectivity index (χ4v) is 4.80. The summed E-state index contributed by atoms with van der Waals surface area (Å²) in [6.45, 7) is 2.54. The Balaban J connectivity index is 2.06. The standard InChI is InChI=1S/C19H21NO5S/c1-3-13-4-5-18-15(8-13)6-7-20(18)26(23,24)17-10-14(12-25-2)9-16(11-17)19(21)22/h4-5,8-11H,3,6-7,12H2,1-2H3,(H,21,22). The summed E-state index contributed by atoms with van der Waals surface area (Å²) < 4.78 is 32.7. The molecule has 0 aromatic heterocycles. The molecule has 26 heavy (non-hydrogen) atoms. The molecule has 0 bridgehead atoms. The second-order valence-electron chi connectivity index (χ2n) is 6.25. The van der Waals surface area contributed by atoms with Crippen LogP contribution in [0.3, 0.4) is 0 Å². The molecule has 0 aliphatic carbocycles. The summed E-state index contributed by atoms with van der Waals surface area (Å²) in [4.78, 5) is 11.3. The van der Waals surface area contributed by atoms with Gasteiger partial charge in [0, 0.05) is 13.7 Å². The lowest BCUT2D eigenvalue weighted by Gasteiger charge is -2.20. The normalized spacial score (nSPS) is 13.7. The van der Waals surface area contributed by atoms with E-state index in [0.717, 1.165) is 12.0 Å². The first-order chi connectivity index (χ1) is 12.4. The third kappa shape index (κ3) is 3.32. The van der Waals surface area contributed by atoms with Crippen LogP contribution in [0, 0.1) is 0 Å². The number of carboxylic acid groups (broad SMARTS) is 1. The molecule has 1 N–H and O–H groups in total. The van der Waals surface area contributed by atoms with Gasteiger partial charge in [-0.1, -0.05) is 19.1 Å². The number of nitrogens with zero attached hydrogens (tertiary/aromatic N) is 1. The summed E-state index contributed by atoms with van der Waals surface area (Å²) in [7, 11) is -2.38. The van der Waals surface area contributed by atoms with Crippen LogP contribution >= 0.6 is 0 Å². The van der Waals surface area contributed by atoms with E-state index in [2.05, 4.69) is 6.92 Å². The molecule has 7 heteroatoms. The molecule has 0 amide bonds. The van der Waals surface area contributed by atoms with Crippen molar-refractivity contribution in [2.45, 2.75) is 31.3 Å². The van der Waals surface area contributed by atoms with Gasteiger partial charge in [0.05, 0.1) is 22.8 Å². The molecule has 0 unspecified atom stereocenters. The Labute approximate surface area is 153 Å². The van der Waals surface area contributed by atoms with Crippen LogP contribution in [0.1, 0.15) is 34.0 Å². The predicted molar refractivity (Wildman–Crippen MR) is 98.2 cm³/mol. The number of methoxy groups -OCH3 is 1. The molecular weight excluding hydrogens is 354 g/mol. The van der Waals surface area contributed by atoms with E-state index in [1.165, 1.54) is 35.2 Å². The fraction of sp³-hybridized carbons (Fsp3) is 0.316. The first kappa shape index (κ1) is 18.4. The van der Waals surface area contributed by atoms with Crippen molar-refractivity contribution >= 4 is 21.7 Å². The SMILES string of the molecule is CCc1ccc2c(c1)CCN2S(=O)(=O)c1cc(COC)cc(C(=O)O)c1. The van der Waals surface area contributed by atoms with Crippen LogP contribution in [0.15, 0.2) is 41.3 Å². The van der Waals surface area contributed by atoms with Crippen LogP contribution in [-0.4, -0.2) is 33.1 Å². The zero-order chi connectivity index (χ0) is 18.9. The van der Waals surface area contributed by atoms with Gasteiger partial charge >= 0.3 is 5.97 Å². The van der Waals surface area contributed by atoms with Crippen molar-refractivity contribution in [3.05, 3.63) is 58.7 Å². The first-order valence-corrected chi connectivity index (χ1v) is 9.81. The molecule has 1 aliphatic rings. The minimum absolute atomic E-state index is 0.0307. The van der Waals surface area contributed by atoms with Crippen LogP contribution in [0.5, 0.6) is 0 Å². The number of hydrogen-bond donors (Lipinski definition) is 1. The molecule has 0 saturated carbocycles. The Morgan fingerprint density at radius 1 is 1.19 bits per heavy atom. The minimum atomic E-state index is -3.85. The van der Waals surface area contributed by atoms with Gasteiger partial charge in [-0.3, -0.25) is 4.31 Å². The number of carbonyl (C=O) groups is 1. The van der Waals surface area contributed by atoms with Crippen molar-refractivity contribution in [1.82, 2.24) is 0 Å². The van der Waals surface area contributed by atoms with Crippen molar-refractivity contribution in [3.63, 3.8) is 0 Å². The van der Waals surface area contributed by atoms with E-state index in [0.29, 0.717) is 24.2 Å². The maximum Gasteiger partial charge on any atom is 0.335 e. The van der Waals surface area contributed by atoms with E-state index in [1.807, 2.05) is 18.2 Å². The van der Waals surface area contributed by atoms with Crippen molar-refractivity contribution in [1.29, 1.82) is 0 Å². The Bertz CT molecular complexity index is 952. The summed E-state index contributed by atoms with van der Waals surface area (Å²) in [5.41, 5.74) is 3.26. The van der Waals surface area contributed by atoms with E-state index in [-0.39, 0.29) is 17.1 Å². The number of fused-ring (bicyclic) bond motifs is 1. The van der Waals surface area contributed by atoms with Crippen molar-refractivity contribution in [2.75, 3.05) is 18.0 Å². The Morgan fingerprint density at radius 2 is 1.96 bits per heavy atom. The zero-order valence-corrected chi connectivity index (χ0v) is 15.5. The highest BCUT2D eigenvalue weighted by molar-refractivity contribution is 7.92. The minimum Gasteiger partial charge on any atom is -0.478 e. The smallest absolute Gasteiger partial charge is 0.335 e. The summed E-state index contributed by atoms with van der Waals surface area (Å²) in [5.74, 6) is -1.17. The van der Waals surface area contributed by atoms with Crippen molar-refractivity contribution < 1.29 is 23.1 Å². The maximum absolute atomic E-state index is 13.2. The Hall–Kier alpha value is -2.38. The molecule has 0 radical (unpaired) electrons. The summed E-state index contributed by atoms with van der Waals surface area (Å²) in [5, 5.41) is 9.30. The third-order valence-electron chi connectivity index (χ3n) is 4.52. The van der Waals surface area contributed by atoms with E-state index in [9.17, 15) is 18.3 Å². The summed E-state index contributed by atoms with van der Waals surface area (Å²) in [6.07, 6.45) is 1.53. The number of anilines is 1. The van der Waals surface area contributed by atoms with E-state index >= 15 is 0 Å². The molecule has 6 nitrogen and oxygen atoms in total. The number of rotatable bonds is 6. The molecule has 1 aliphatic heterocycles. The highest BCUT2D eigenvalue weighted by atomic mass is 32.2. The molecule has 3 rings (SSSR count). The molecule has 0 saturated heterocycles. The first-order valence-electron chi connectivity index (χ1n) is 8.37. The lowest BCUT2D eigenvalue weighted by molar-refractivity contribution is 0.0696. The molecule has 1 heterocycles. The molecule has 2 aromatic carbocycles. The summed E-state index contributed by atoms with van der Waals surface area (Å²) >= 11 is 0. The van der Waals surface area contributed by atoms with Gasteiger partial charge in [-0.2, -0.15) is 0 Å². The van der Waals surface area contributed by atoms with Crippen molar-refractivity contribution in [3.8, 4) is 0 Å². The molecule has 138 valence electrons. The number of sulfonamides is 1. The second-order valence-corrected chi connectivity index (χ2v) is 8.11. The van der Waals surface area contributed by atoms with Gasteiger partial charge in [0.15, 0.2) is 0 Å². The van der Waals surface area contributed by atoms with Crippen LogP contribution in [0.2, 0.25) is 0 Å². The van der Waals surface area contributed by atoms with Crippen LogP contribution in [0.25, 0.3) is 0 Å². The fourth-order valence-electron chi connectivity index (χ4n) is 3.20. The maximum atomic E-state index is 13.2. The van der Waals surface area contributed by atoms with E-state index in [4.69, 9.17) is 4.74 Å². The number of carboxylic acids is 1. The molecule has 2 aromatic rings. The van der Waals surface area contributed by atoms with E-state index in [1.54, 1.807) is 0 Å². The number of ether oxygens (including phenoxy) is 1. The number of hydrogen-bond acceptors (Lipinski definition) is 4. The number of aryl methyl sites for hydroxylation is 1. The number of benzene rings is 2. The predicted octanol–water partition coefficient (Wildman–Crippen LogP) is 2.85. The Morgan fingerprint density at radius 3 is 2.62 bits per heavy atom. The van der Waals surface area contributed by atoms with Gasteiger partial charge in [0.2, 0.25) is 0 Å². The van der Waals surface area contributed by atoms with Crippen LogP contribution in [-0.2, 0) is 34.2 Å². The number of aromatic carboxylic acids is 1. The molecule has 0 spiro atoms. The van der Waals surface area contributed by atoms with Gasteiger partial charge in [0.1, 0.15) is 0 Å². The zero-order valence-electron chi connectivity index (χ0n) is 14.7. The molecule has 0 atom stereocenters. The van der Waals surface area contributed by atoms with E-state index < -0.39 is 16.0 Å². The lowest BCUT2D eigenvalue weighted by Crippen LogP contribution is -2.29. The topological polar surface area (TPSA) is 83.9 Å². The molecule has 0 fully saturated rings. The van der Waals surface area contributed by atoms with Gasteiger partial charge < -0.3 is 9.84 Å². The highest BCUT2D eigenvalue weighted by Crippen LogP contribution is 2.34. The van der Waals surface area contributed by atoms with Crippen LogP contribution in [0.4, 0.5) is 5.69 Å².